The van der Waals surface area contributed by atoms with Gasteiger partial charge in [0, 0.05) is 12.2 Å². The van der Waals surface area contributed by atoms with Crippen LogP contribution in [0.15, 0.2) is 23.1 Å². The van der Waals surface area contributed by atoms with Gasteiger partial charge in [0.1, 0.15) is 0 Å². The Balaban J connectivity index is 2.52. The van der Waals surface area contributed by atoms with Gasteiger partial charge in [-0.25, -0.2) is 13.2 Å². The van der Waals surface area contributed by atoms with Crippen LogP contribution >= 0.6 is 0 Å². The number of carbonyl (C=O) groups is 1. The van der Waals surface area contributed by atoms with E-state index in [-0.39, 0.29) is 22.7 Å². The van der Waals surface area contributed by atoms with Crippen molar-refractivity contribution in [2.75, 3.05) is 26.0 Å². The van der Waals surface area contributed by atoms with Crippen LogP contribution < -0.4 is 5.73 Å². The summed E-state index contributed by atoms with van der Waals surface area (Å²) in [4.78, 5) is 16.5. The van der Waals surface area contributed by atoms with Crippen molar-refractivity contribution in [3.8, 4) is 0 Å². The van der Waals surface area contributed by atoms with E-state index in [2.05, 4.69) is 4.74 Å². The van der Waals surface area contributed by atoms with Crippen LogP contribution in [0.1, 0.15) is 16.8 Å². The summed E-state index contributed by atoms with van der Waals surface area (Å²) in [5.41, 5.74) is 5.75. The number of ether oxygens (including phenoxy) is 1. The number of nitrogens with zero attached hydrogens (tertiary/aromatic N) is 1. The van der Waals surface area contributed by atoms with Crippen LogP contribution in [0.5, 0.6) is 0 Å². The summed E-state index contributed by atoms with van der Waals surface area (Å²) in [6, 6.07) is 3.96. The Labute approximate surface area is 110 Å². The van der Waals surface area contributed by atoms with Gasteiger partial charge in [0.25, 0.3) is 10.0 Å². The number of nitrogen functional groups attached to an aromatic ring is 1. The zero-order valence-electron chi connectivity index (χ0n) is 10.3. The molecule has 8 heteroatoms. The number of esters is 1. The first-order valence-corrected chi connectivity index (χ1v) is 7.04. The van der Waals surface area contributed by atoms with E-state index in [1.807, 2.05) is 0 Å². The molecule has 0 amide bonds. The number of sulfonamides is 1. The molecule has 1 heterocycles. The highest BCUT2D eigenvalue weighted by Crippen LogP contribution is 2.25. The fraction of sp³-hybridized carbons (Fsp3) is 0.364. The van der Waals surface area contributed by atoms with Gasteiger partial charge < -0.3 is 10.5 Å². The third-order valence-electron chi connectivity index (χ3n) is 2.68. The van der Waals surface area contributed by atoms with Crippen molar-refractivity contribution >= 4 is 21.7 Å². The van der Waals surface area contributed by atoms with Gasteiger partial charge >= 0.3 is 5.97 Å². The first-order valence-electron chi connectivity index (χ1n) is 5.60. The van der Waals surface area contributed by atoms with E-state index in [1.54, 1.807) is 0 Å². The third-order valence-corrected chi connectivity index (χ3v) is 4.41. The Bertz CT molecular complexity index is 593. The number of methoxy groups -OCH3 is 1. The van der Waals surface area contributed by atoms with Crippen molar-refractivity contribution in [2.45, 2.75) is 11.3 Å². The van der Waals surface area contributed by atoms with Crippen LogP contribution in [-0.4, -0.2) is 39.1 Å². The fourth-order valence-electron chi connectivity index (χ4n) is 1.77. The van der Waals surface area contributed by atoms with Crippen molar-refractivity contribution < 1.29 is 22.8 Å². The monoisotopic (exact) mass is 286 g/mol. The molecule has 1 fully saturated rings. The standard InChI is InChI=1S/C11H14N2O5S/c1-17-11(14)9-7-8(12)3-4-10(9)19(15,16)13-5-2-6-18-13/h3-4,7H,2,5-6,12H2,1H3. The average molecular weight is 286 g/mol. The van der Waals surface area contributed by atoms with Crippen LogP contribution in [0.4, 0.5) is 5.69 Å². The number of hydroxylamine groups is 1. The summed E-state index contributed by atoms with van der Waals surface area (Å²) in [5, 5.41) is 0. The molecule has 1 aliphatic rings. The van der Waals surface area contributed by atoms with E-state index in [0.29, 0.717) is 13.0 Å². The van der Waals surface area contributed by atoms with Crippen LogP contribution in [0.25, 0.3) is 0 Å². The van der Waals surface area contributed by atoms with E-state index in [4.69, 9.17) is 10.6 Å². The van der Waals surface area contributed by atoms with Crippen molar-refractivity contribution in [3.05, 3.63) is 23.8 Å². The number of nitrogens with two attached hydrogens (primary N) is 1. The first-order chi connectivity index (χ1) is 8.96. The lowest BCUT2D eigenvalue weighted by Gasteiger charge is -2.16. The highest BCUT2D eigenvalue weighted by atomic mass is 32.2. The van der Waals surface area contributed by atoms with Crippen molar-refractivity contribution in [2.24, 2.45) is 0 Å². The highest BCUT2D eigenvalue weighted by Gasteiger charge is 2.32. The van der Waals surface area contributed by atoms with Gasteiger partial charge in [-0.15, -0.1) is 0 Å². The van der Waals surface area contributed by atoms with E-state index < -0.39 is 16.0 Å². The predicted molar refractivity (Wildman–Crippen MR) is 66.7 cm³/mol. The summed E-state index contributed by atoms with van der Waals surface area (Å²) in [7, 11) is -2.71. The molecular weight excluding hydrogens is 272 g/mol. The molecule has 0 radical (unpaired) electrons. The maximum Gasteiger partial charge on any atom is 0.339 e. The molecule has 0 spiro atoms. The second-order valence-corrected chi connectivity index (χ2v) is 5.76. The quantitative estimate of drug-likeness (QED) is 0.637. The smallest absolute Gasteiger partial charge is 0.339 e. The summed E-state index contributed by atoms with van der Waals surface area (Å²) < 4.78 is 30.1. The maximum absolute atomic E-state index is 12.3. The number of hydrogen-bond donors (Lipinski definition) is 1. The number of rotatable bonds is 3. The summed E-state index contributed by atoms with van der Waals surface area (Å²) >= 11 is 0. The largest absolute Gasteiger partial charge is 0.465 e. The Morgan fingerprint density at radius 1 is 1.47 bits per heavy atom. The van der Waals surface area contributed by atoms with E-state index in [9.17, 15) is 13.2 Å². The number of hydrogen-bond acceptors (Lipinski definition) is 6. The molecule has 7 nitrogen and oxygen atoms in total. The van der Waals surface area contributed by atoms with Crippen LogP contribution in [0.2, 0.25) is 0 Å². The zero-order chi connectivity index (χ0) is 14.0. The SMILES string of the molecule is COC(=O)c1cc(N)ccc1S(=O)(=O)N1CCCO1. The maximum atomic E-state index is 12.3. The molecule has 0 atom stereocenters. The minimum Gasteiger partial charge on any atom is -0.465 e. The number of benzene rings is 1. The highest BCUT2D eigenvalue weighted by molar-refractivity contribution is 7.89. The molecule has 0 unspecified atom stereocenters. The van der Waals surface area contributed by atoms with Crippen molar-refractivity contribution in [1.82, 2.24) is 4.47 Å². The third kappa shape index (κ3) is 2.55. The topological polar surface area (TPSA) is 98.9 Å². The predicted octanol–water partition coefficient (Wildman–Crippen LogP) is 0.381. The van der Waals surface area contributed by atoms with Crippen molar-refractivity contribution in [1.29, 1.82) is 0 Å². The first kappa shape index (κ1) is 13.8. The molecule has 0 aliphatic carbocycles. The minimum atomic E-state index is -3.89. The molecule has 1 aromatic rings. The average Bonchev–Trinajstić information content (AvgIpc) is 2.92. The molecular formula is C11H14N2O5S. The molecule has 1 aromatic carbocycles. The van der Waals surface area contributed by atoms with Gasteiger partial charge in [0.2, 0.25) is 0 Å². The normalized spacial score (nSPS) is 16.5. The lowest BCUT2D eigenvalue weighted by Crippen LogP contribution is -2.28. The molecule has 104 valence electrons. The second-order valence-electron chi connectivity index (χ2n) is 3.97. The molecule has 2 N–H and O–H groups in total. The lowest BCUT2D eigenvalue weighted by molar-refractivity contribution is -0.0285. The summed E-state index contributed by atoms with van der Waals surface area (Å²) in [6.45, 7) is 0.592. The minimum absolute atomic E-state index is 0.0991. The molecule has 1 saturated heterocycles. The Morgan fingerprint density at radius 3 is 2.79 bits per heavy atom. The molecule has 0 aromatic heterocycles. The van der Waals surface area contributed by atoms with Gasteiger partial charge in [-0.1, -0.05) is 4.47 Å². The van der Waals surface area contributed by atoms with E-state index >= 15 is 0 Å². The van der Waals surface area contributed by atoms with Crippen LogP contribution in [-0.2, 0) is 19.6 Å². The van der Waals surface area contributed by atoms with Gasteiger partial charge in [0.15, 0.2) is 0 Å². The van der Waals surface area contributed by atoms with Crippen molar-refractivity contribution in [3.63, 3.8) is 0 Å². The summed E-state index contributed by atoms with van der Waals surface area (Å²) in [5.74, 6) is -0.759. The van der Waals surface area contributed by atoms with Gasteiger partial charge in [-0.05, 0) is 24.6 Å². The van der Waals surface area contributed by atoms with E-state index in [0.717, 1.165) is 4.47 Å². The molecule has 0 saturated carbocycles. The van der Waals surface area contributed by atoms with Crippen LogP contribution in [0.3, 0.4) is 0 Å². The van der Waals surface area contributed by atoms with Gasteiger partial charge in [-0.2, -0.15) is 0 Å². The molecule has 0 bridgehead atoms. The number of anilines is 1. The molecule has 1 aliphatic heterocycles. The summed E-state index contributed by atoms with van der Waals surface area (Å²) in [6.07, 6.45) is 0.613. The Morgan fingerprint density at radius 2 is 2.21 bits per heavy atom. The number of carbonyl (C=O) groups excluding carboxylic acids is 1. The Kier molecular flexibility index (Phi) is 3.74. The fourth-order valence-corrected chi connectivity index (χ4v) is 3.23. The van der Waals surface area contributed by atoms with E-state index in [1.165, 1.54) is 25.3 Å². The molecule has 2 rings (SSSR count). The molecule has 19 heavy (non-hydrogen) atoms. The Hall–Kier alpha value is -1.64. The lowest BCUT2D eigenvalue weighted by atomic mass is 10.2. The zero-order valence-corrected chi connectivity index (χ0v) is 11.1. The van der Waals surface area contributed by atoms with Gasteiger partial charge in [-0.3, -0.25) is 4.84 Å². The van der Waals surface area contributed by atoms with Gasteiger partial charge in [0.05, 0.1) is 24.2 Å². The second kappa shape index (κ2) is 5.16. The van der Waals surface area contributed by atoms with Crippen LogP contribution in [0, 0.1) is 0 Å².